The first-order valence-corrected chi connectivity index (χ1v) is 14.8. The van der Waals surface area contributed by atoms with Gasteiger partial charge in [-0.1, -0.05) is 143 Å². The summed E-state index contributed by atoms with van der Waals surface area (Å²) in [5.41, 5.74) is 0. The van der Waals surface area contributed by atoms with Gasteiger partial charge in [0.25, 0.3) is 0 Å². The van der Waals surface area contributed by atoms with Crippen LogP contribution in [0.15, 0.2) is 18.7 Å². The van der Waals surface area contributed by atoms with Gasteiger partial charge in [0.15, 0.2) is 0 Å². The van der Waals surface area contributed by atoms with Gasteiger partial charge < -0.3 is 10.1 Å². The van der Waals surface area contributed by atoms with Gasteiger partial charge in [0.2, 0.25) is 0 Å². The molecule has 4 nitrogen and oxygen atoms in total. The Morgan fingerprint density at radius 3 is 1.62 bits per heavy atom. The first-order valence-electron chi connectivity index (χ1n) is 14.8. The number of imidazole rings is 1. The minimum absolute atomic E-state index is 0.105. The van der Waals surface area contributed by atoms with Crippen LogP contribution in [-0.2, 0) is 4.79 Å². The van der Waals surface area contributed by atoms with Crippen LogP contribution in [0.4, 0.5) is 0 Å². The molecule has 1 heterocycles. The Kier molecular flexibility index (Phi) is 25.3. The number of carboxylic acid groups (broad SMARTS) is 1. The Balaban J connectivity index is 0.00000190. The van der Waals surface area contributed by atoms with E-state index in [4.69, 9.17) is 0 Å². The van der Waals surface area contributed by atoms with Crippen molar-refractivity contribution in [3.63, 3.8) is 0 Å². The molecule has 34 heavy (non-hydrogen) atoms. The molecule has 2 atom stereocenters. The number of nitrogens with zero attached hydrogens (tertiary/aromatic N) is 1. The Morgan fingerprint density at radius 1 is 0.706 bits per heavy atom. The molecule has 1 aromatic rings. The third kappa shape index (κ3) is 22.5. The normalized spacial score (nSPS) is 12.7. The maximum atomic E-state index is 11.6. The molecular weight excluding hydrogens is 420 g/mol. The minimum atomic E-state index is -0.564. The largest absolute Gasteiger partial charge is 0.481 e. The third-order valence-corrected chi connectivity index (χ3v) is 7.12. The number of rotatable bonds is 23. The Hall–Kier alpha value is -1.32. The average Bonchev–Trinajstić information content (AvgIpc) is 3.43. The molecule has 2 unspecified atom stereocenters. The van der Waals surface area contributed by atoms with Crippen molar-refractivity contribution in [3.8, 4) is 0 Å². The van der Waals surface area contributed by atoms with Gasteiger partial charge >= 0.3 is 5.97 Å². The second-order valence-electron chi connectivity index (χ2n) is 10.2. The maximum absolute atomic E-state index is 11.6. The Bertz CT molecular complexity index is 487. The molecule has 0 aliphatic rings. The fraction of sp³-hybridized carbons (Fsp3) is 0.867. The van der Waals surface area contributed by atoms with E-state index in [0.717, 1.165) is 31.6 Å². The van der Waals surface area contributed by atoms with Gasteiger partial charge in [-0.15, -0.1) is 0 Å². The second kappa shape index (κ2) is 26.3. The van der Waals surface area contributed by atoms with Crippen molar-refractivity contribution < 1.29 is 9.90 Å². The Morgan fingerprint density at radius 2 is 1.21 bits per heavy atom. The van der Waals surface area contributed by atoms with Gasteiger partial charge in [0, 0.05) is 12.4 Å². The summed E-state index contributed by atoms with van der Waals surface area (Å²) in [6.07, 6.45) is 31.9. The molecule has 0 saturated carbocycles. The monoisotopic (exact) mass is 478 g/mol. The fourth-order valence-electron chi connectivity index (χ4n) is 4.71. The van der Waals surface area contributed by atoms with Crippen LogP contribution in [0.2, 0.25) is 0 Å². The molecule has 0 bridgehead atoms. The molecule has 0 aromatic carbocycles. The van der Waals surface area contributed by atoms with E-state index in [2.05, 4.69) is 30.7 Å². The van der Waals surface area contributed by atoms with Crippen molar-refractivity contribution >= 4 is 5.97 Å². The highest BCUT2D eigenvalue weighted by molar-refractivity contribution is 5.69. The van der Waals surface area contributed by atoms with Crippen molar-refractivity contribution in [2.24, 2.45) is 11.8 Å². The van der Waals surface area contributed by atoms with E-state index in [1.54, 1.807) is 18.7 Å². The number of nitrogens with one attached hydrogen (secondary N) is 1. The lowest BCUT2D eigenvalue weighted by molar-refractivity contribution is -0.142. The standard InChI is InChI=1S/C27H54O2.C3H4N2/c1-4-7-9-10-11-12-13-14-15-16-17-18-19-23-26(27(28)29)24-20-22-25(6-3)21-8-5-2;1-2-5-3-4-1/h25-26H,4-24H2,1-3H3,(H,28,29);1-3H,(H,4,5). The molecule has 1 rings (SSSR count). The lowest BCUT2D eigenvalue weighted by atomic mass is 9.89. The van der Waals surface area contributed by atoms with E-state index in [1.807, 2.05) is 0 Å². The third-order valence-electron chi connectivity index (χ3n) is 7.12. The van der Waals surface area contributed by atoms with E-state index >= 15 is 0 Å². The Labute approximate surface area is 212 Å². The summed E-state index contributed by atoms with van der Waals surface area (Å²) in [6.45, 7) is 6.81. The van der Waals surface area contributed by atoms with Crippen molar-refractivity contribution in [1.82, 2.24) is 9.97 Å². The SMILES string of the molecule is CCCCCCCCCCCCCCCC(CCCC(CC)CCCC)C(=O)O.c1c[nH]cn1. The van der Waals surface area contributed by atoms with Gasteiger partial charge in [-0.25, -0.2) is 4.98 Å². The number of aliphatic carboxylic acids is 1. The van der Waals surface area contributed by atoms with Gasteiger partial charge in [0.05, 0.1) is 12.2 Å². The van der Waals surface area contributed by atoms with E-state index in [9.17, 15) is 9.90 Å². The average molecular weight is 479 g/mol. The van der Waals surface area contributed by atoms with Gasteiger partial charge in [-0.3, -0.25) is 4.79 Å². The number of aromatic nitrogens is 2. The molecule has 0 aliphatic carbocycles. The van der Waals surface area contributed by atoms with E-state index in [1.165, 1.54) is 109 Å². The van der Waals surface area contributed by atoms with Gasteiger partial charge in [-0.2, -0.15) is 0 Å². The lowest BCUT2D eigenvalue weighted by Crippen LogP contribution is -2.14. The van der Waals surface area contributed by atoms with Crippen LogP contribution in [0.25, 0.3) is 0 Å². The molecule has 0 saturated heterocycles. The number of carboxylic acids is 1. The van der Waals surface area contributed by atoms with Crippen molar-refractivity contribution in [2.45, 2.75) is 156 Å². The predicted molar refractivity (Wildman–Crippen MR) is 147 cm³/mol. The highest BCUT2D eigenvalue weighted by atomic mass is 16.4. The number of hydrogen-bond acceptors (Lipinski definition) is 2. The van der Waals surface area contributed by atoms with Gasteiger partial charge in [0.1, 0.15) is 0 Å². The smallest absolute Gasteiger partial charge is 0.306 e. The lowest BCUT2D eigenvalue weighted by Gasteiger charge is -2.16. The van der Waals surface area contributed by atoms with Crippen LogP contribution in [0.1, 0.15) is 156 Å². The first kappa shape index (κ1) is 32.7. The molecule has 1 aromatic heterocycles. The highest BCUT2D eigenvalue weighted by Crippen LogP contribution is 2.23. The van der Waals surface area contributed by atoms with Crippen LogP contribution in [0.3, 0.4) is 0 Å². The number of carbonyl (C=O) groups is 1. The van der Waals surface area contributed by atoms with E-state index in [-0.39, 0.29) is 5.92 Å². The van der Waals surface area contributed by atoms with E-state index in [0.29, 0.717) is 0 Å². The second-order valence-corrected chi connectivity index (χ2v) is 10.2. The quantitative estimate of drug-likeness (QED) is 0.154. The molecule has 200 valence electrons. The summed E-state index contributed by atoms with van der Waals surface area (Å²) in [5.74, 6) is 0.137. The summed E-state index contributed by atoms with van der Waals surface area (Å²) in [5, 5.41) is 9.53. The summed E-state index contributed by atoms with van der Waals surface area (Å²) in [4.78, 5) is 18.0. The van der Waals surface area contributed by atoms with Crippen molar-refractivity contribution in [3.05, 3.63) is 18.7 Å². The van der Waals surface area contributed by atoms with Crippen LogP contribution < -0.4 is 0 Å². The highest BCUT2D eigenvalue weighted by Gasteiger charge is 2.17. The molecule has 2 N–H and O–H groups in total. The summed E-state index contributed by atoms with van der Waals surface area (Å²) < 4.78 is 0. The zero-order valence-corrected chi connectivity index (χ0v) is 23.0. The zero-order valence-electron chi connectivity index (χ0n) is 23.0. The molecular formula is C30H58N2O2. The number of unbranched alkanes of at least 4 members (excludes halogenated alkanes) is 13. The summed E-state index contributed by atoms with van der Waals surface area (Å²) >= 11 is 0. The molecule has 0 amide bonds. The summed E-state index contributed by atoms with van der Waals surface area (Å²) in [6, 6.07) is 0. The fourth-order valence-corrected chi connectivity index (χ4v) is 4.71. The van der Waals surface area contributed by atoms with Crippen LogP contribution in [0.5, 0.6) is 0 Å². The number of H-pyrrole nitrogens is 1. The predicted octanol–water partition coefficient (Wildman–Crippen LogP) is 9.96. The molecule has 0 spiro atoms. The minimum Gasteiger partial charge on any atom is -0.481 e. The number of aromatic amines is 1. The van der Waals surface area contributed by atoms with E-state index < -0.39 is 5.97 Å². The first-order chi connectivity index (χ1) is 16.7. The molecule has 0 fully saturated rings. The van der Waals surface area contributed by atoms with Crippen molar-refractivity contribution in [2.75, 3.05) is 0 Å². The number of hydrogen-bond donors (Lipinski definition) is 2. The van der Waals surface area contributed by atoms with Crippen LogP contribution in [-0.4, -0.2) is 21.0 Å². The van der Waals surface area contributed by atoms with Crippen LogP contribution in [0, 0.1) is 11.8 Å². The van der Waals surface area contributed by atoms with Gasteiger partial charge in [-0.05, 0) is 18.8 Å². The molecule has 4 heteroatoms. The zero-order chi connectivity index (χ0) is 25.1. The maximum Gasteiger partial charge on any atom is 0.306 e. The molecule has 0 aliphatic heterocycles. The topological polar surface area (TPSA) is 66.0 Å². The molecule has 0 radical (unpaired) electrons. The van der Waals surface area contributed by atoms with Crippen molar-refractivity contribution in [1.29, 1.82) is 0 Å². The summed E-state index contributed by atoms with van der Waals surface area (Å²) in [7, 11) is 0. The van der Waals surface area contributed by atoms with Crippen LogP contribution >= 0.6 is 0 Å².